The minimum atomic E-state index is -1.66. The third-order valence-electron chi connectivity index (χ3n) is 2.45. The maximum absolute atomic E-state index is 13.3. The fraction of sp³-hybridized carbons (Fsp3) is 0.417. The van der Waals surface area contributed by atoms with E-state index in [-0.39, 0.29) is 6.07 Å². The zero-order chi connectivity index (χ0) is 15.3. The van der Waals surface area contributed by atoms with E-state index in [4.69, 9.17) is 5.73 Å². The number of ether oxygens (including phenoxy) is 1. The molecule has 0 saturated carbocycles. The van der Waals surface area contributed by atoms with Gasteiger partial charge in [-0.2, -0.15) is 8.78 Å². The van der Waals surface area contributed by atoms with Crippen molar-refractivity contribution in [3.63, 3.8) is 0 Å². The van der Waals surface area contributed by atoms with Crippen LogP contribution in [0.2, 0.25) is 0 Å². The predicted octanol–water partition coefficient (Wildman–Crippen LogP) is 1.48. The molecule has 1 amide bonds. The molecule has 1 rings (SSSR count). The molecule has 1 aromatic rings. The van der Waals surface area contributed by atoms with Gasteiger partial charge in [-0.05, 0) is 13.0 Å². The van der Waals surface area contributed by atoms with E-state index >= 15 is 0 Å². The SMILES string of the molecule is CCCNC(COc1c(F)c(F)cc(F)c1F)C(N)=O. The Kier molecular flexibility index (Phi) is 5.75. The summed E-state index contributed by atoms with van der Waals surface area (Å²) < 4.78 is 57.1. The van der Waals surface area contributed by atoms with Gasteiger partial charge < -0.3 is 15.8 Å². The molecular formula is C12H14F4N2O2. The molecular weight excluding hydrogens is 280 g/mol. The fourth-order valence-corrected chi connectivity index (χ4v) is 1.40. The number of nitrogens with two attached hydrogens (primary N) is 1. The van der Waals surface area contributed by atoms with Gasteiger partial charge >= 0.3 is 0 Å². The Labute approximate surface area is 112 Å². The van der Waals surface area contributed by atoms with Crippen LogP contribution in [0.25, 0.3) is 0 Å². The second-order valence-corrected chi connectivity index (χ2v) is 4.02. The van der Waals surface area contributed by atoms with Crippen LogP contribution in [0.1, 0.15) is 13.3 Å². The topological polar surface area (TPSA) is 64.3 Å². The van der Waals surface area contributed by atoms with Crippen molar-refractivity contribution < 1.29 is 27.1 Å². The van der Waals surface area contributed by atoms with Gasteiger partial charge in [0.1, 0.15) is 12.6 Å². The number of carbonyl (C=O) groups excluding carboxylic acids is 1. The van der Waals surface area contributed by atoms with Crippen LogP contribution in [-0.2, 0) is 4.79 Å². The van der Waals surface area contributed by atoms with Crippen molar-refractivity contribution in [1.29, 1.82) is 0 Å². The Balaban J connectivity index is 2.85. The Morgan fingerprint density at radius 1 is 1.30 bits per heavy atom. The molecule has 112 valence electrons. The van der Waals surface area contributed by atoms with Crippen molar-refractivity contribution in [2.24, 2.45) is 5.73 Å². The summed E-state index contributed by atoms with van der Waals surface area (Å²) in [4.78, 5) is 11.1. The predicted molar refractivity (Wildman–Crippen MR) is 63.0 cm³/mol. The second-order valence-electron chi connectivity index (χ2n) is 4.02. The van der Waals surface area contributed by atoms with Gasteiger partial charge in [-0.15, -0.1) is 0 Å². The van der Waals surface area contributed by atoms with E-state index in [0.717, 1.165) is 0 Å². The lowest BCUT2D eigenvalue weighted by Crippen LogP contribution is -2.45. The van der Waals surface area contributed by atoms with Crippen molar-refractivity contribution in [3.8, 4) is 5.75 Å². The number of hydrogen-bond acceptors (Lipinski definition) is 3. The lowest BCUT2D eigenvalue weighted by atomic mass is 10.2. The zero-order valence-corrected chi connectivity index (χ0v) is 10.7. The highest BCUT2D eigenvalue weighted by atomic mass is 19.2. The molecule has 0 aliphatic carbocycles. The number of hydrogen-bond donors (Lipinski definition) is 2. The number of nitrogens with one attached hydrogen (secondary N) is 1. The third kappa shape index (κ3) is 3.83. The van der Waals surface area contributed by atoms with Crippen molar-refractivity contribution >= 4 is 5.91 Å². The van der Waals surface area contributed by atoms with Crippen molar-refractivity contribution in [3.05, 3.63) is 29.3 Å². The maximum Gasteiger partial charge on any atom is 0.238 e. The first-order valence-electron chi connectivity index (χ1n) is 5.87. The standard InChI is InChI=1S/C12H14F4N2O2/c1-2-3-18-8(12(17)19)5-20-11-9(15)6(13)4-7(14)10(11)16/h4,8,18H,2-3,5H2,1H3,(H2,17,19). The Morgan fingerprint density at radius 2 is 1.85 bits per heavy atom. The highest BCUT2D eigenvalue weighted by Gasteiger charge is 2.23. The number of halogens is 4. The Bertz CT molecular complexity index is 471. The molecule has 1 aromatic carbocycles. The average molecular weight is 294 g/mol. The highest BCUT2D eigenvalue weighted by molar-refractivity contribution is 5.80. The van der Waals surface area contributed by atoms with Crippen LogP contribution in [0.15, 0.2) is 6.07 Å². The minimum absolute atomic E-state index is 0.0679. The van der Waals surface area contributed by atoms with Crippen LogP contribution in [0.3, 0.4) is 0 Å². The van der Waals surface area contributed by atoms with Gasteiger partial charge in [0, 0.05) is 6.07 Å². The van der Waals surface area contributed by atoms with Crippen molar-refractivity contribution in [1.82, 2.24) is 5.32 Å². The molecule has 0 bridgehead atoms. The smallest absolute Gasteiger partial charge is 0.238 e. The zero-order valence-electron chi connectivity index (χ0n) is 10.7. The monoisotopic (exact) mass is 294 g/mol. The normalized spacial score (nSPS) is 12.2. The van der Waals surface area contributed by atoms with Gasteiger partial charge in [0.25, 0.3) is 0 Å². The van der Waals surface area contributed by atoms with Crippen LogP contribution in [0.5, 0.6) is 5.75 Å². The van der Waals surface area contributed by atoms with Gasteiger partial charge in [-0.25, -0.2) is 8.78 Å². The second kappa shape index (κ2) is 7.09. The molecule has 0 aliphatic rings. The molecule has 0 saturated heterocycles. The number of amides is 1. The maximum atomic E-state index is 13.3. The summed E-state index contributed by atoms with van der Waals surface area (Å²) in [6.45, 7) is 1.69. The number of benzene rings is 1. The number of carbonyl (C=O) groups is 1. The highest BCUT2D eigenvalue weighted by Crippen LogP contribution is 2.26. The third-order valence-corrected chi connectivity index (χ3v) is 2.45. The summed E-state index contributed by atoms with van der Waals surface area (Å²) in [7, 11) is 0. The molecule has 20 heavy (non-hydrogen) atoms. The molecule has 4 nitrogen and oxygen atoms in total. The largest absolute Gasteiger partial charge is 0.485 e. The fourth-order valence-electron chi connectivity index (χ4n) is 1.40. The molecule has 1 atom stereocenters. The summed E-state index contributed by atoms with van der Waals surface area (Å²) in [5, 5.41) is 2.68. The van der Waals surface area contributed by atoms with Crippen LogP contribution >= 0.6 is 0 Å². The van der Waals surface area contributed by atoms with E-state index in [1.165, 1.54) is 0 Å². The van der Waals surface area contributed by atoms with Gasteiger partial charge in [0.15, 0.2) is 17.4 Å². The first-order valence-corrected chi connectivity index (χ1v) is 5.87. The lowest BCUT2D eigenvalue weighted by molar-refractivity contribution is -0.120. The summed E-state index contributed by atoms with van der Waals surface area (Å²) in [5.41, 5.74) is 5.06. The van der Waals surface area contributed by atoms with E-state index in [1.54, 1.807) is 0 Å². The first kappa shape index (κ1) is 16.2. The van der Waals surface area contributed by atoms with Crippen LogP contribution in [-0.4, -0.2) is 25.1 Å². The van der Waals surface area contributed by atoms with E-state index in [9.17, 15) is 22.4 Å². The minimum Gasteiger partial charge on any atom is -0.485 e. The summed E-state index contributed by atoms with van der Waals surface area (Å²) in [6, 6.07) is -0.960. The molecule has 0 spiro atoms. The van der Waals surface area contributed by atoms with E-state index < -0.39 is 47.6 Å². The first-order chi connectivity index (χ1) is 9.38. The summed E-state index contributed by atoms with van der Waals surface area (Å²) in [5.74, 6) is -8.53. The molecule has 0 aliphatic heterocycles. The quantitative estimate of drug-likeness (QED) is 0.591. The van der Waals surface area contributed by atoms with Crippen LogP contribution < -0.4 is 15.8 Å². The van der Waals surface area contributed by atoms with E-state index in [0.29, 0.717) is 13.0 Å². The van der Waals surface area contributed by atoms with Gasteiger partial charge in [0.2, 0.25) is 17.5 Å². The van der Waals surface area contributed by atoms with Gasteiger partial charge in [-0.3, -0.25) is 4.79 Å². The summed E-state index contributed by atoms with van der Waals surface area (Å²) >= 11 is 0. The van der Waals surface area contributed by atoms with Crippen molar-refractivity contribution in [2.75, 3.05) is 13.2 Å². The molecule has 0 aromatic heterocycles. The molecule has 3 N–H and O–H groups in total. The summed E-state index contributed by atoms with van der Waals surface area (Å²) in [6.07, 6.45) is 0.682. The van der Waals surface area contributed by atoms with E-state index in [1.807, 2.05) is 6.92 Å². The van der Waals surface area contributed by atoms with Crippen LogP contribution in [0.4, 0.5) is 17.6 Å². The lowest BCUT2D eigenvalue weighted by Gasteiger charge is -2.16. The van der Waals surface area contributed by atoms with Gasteiger partial charge in [-0.1, -0.05) is 6.92 Å². The molecule has 0 fully saturated rings. The molecule has 1 unspecified atom stereocenters. The number of rotatable bonds is 7. The van der Waals surface area contributed by atoms with Gasteiger partial charge in [0.05, 0.1) is 0 Å². The Hall–Kier alpha value is -1.83. The molecule has 0 heterocycles. The molecule has 8 heteroatoms. The van der Waals surface area contributed by atoms with Crippen molar-refractivity contribution in [2.45, 2.75) is 19.4 Å². The molecule has 0 radical (unpaired) electrons. The van der Waals surface area contributed by atoms with Crippen LogP contribution in [0, 0.1) is 23.3 Å². The number of primary amides is 1. The Morgan fingerprint density at radius 3 is 2.30 bits per heavy atom. The average Bonchev–Trinajstić information content (AvgIpc) is 2.39. The van der Waals surface area contributed by atoms with E-state index in [2.05, 4.69) is 10.1 Å².